The summed E-state index contributed by atoms with van der Waals surface area (Å²) < 4.78 is 11.5. The van der Waals surface area contributed by atoms with E-state index in [4.69, 9.17) is 9.47 Å². The lowest BCUT2D eigenvalue weighted by atomic mass is 10.0. The predicted octanol–water partition coefficient (Wildman–Crippen LogP) is 3.39. The van der Waals surface area contributed by atoms with Crippen molar-refractivity contribution in [2.45, 2.75) is 39.9 Å². The molecule has 0 saturated heterocycles. The number of ether oxygens (including phenoxy) is 2. The van der Waals surface area contributed by atoms with E-state index >= 15 is 0 Å². The van der Waals surface area contributed by atoms with Gasteiger partial charge in [0.25, 0.3) is 0 Å². The van der Waals surface area contributed by atoms with Crippen LogP contribution in [0.15, 0.2) is 18.2 Å². The summed E-state index contributed by atoms with van der Waals surface area (Å²) in [6.45, 7) is 8.29. The number of para-hydroxylation sites is 1. The van der Waals surface area contributed by atoms with Gasteiger partial charge in [-0.25, -0.2) is 0 Å². The Hall–Kier alpha value is -1.18. The van der Waals surface area contributed by atoms with Crippen molar-refractivity contribution < 1.29 is 9.47 Å². The van der Waals surface area contributed by atoms with E-state index in [9.17, 15) is 0 Å². The van der Waals surface area contributed by atoms with Crippen LogP contribution in [0, 0.1) is 5.92 Å². The van der Waals surface area contributed by atoms with Crippen LogP contribution in [-0.2, 0) is 6.42 Å². The third-order valence-corrected chi connectivity index (χ3v) is 2.39. The maximum absolute atomic E-state index is 5.80. The van der Waals surface area contributed by atoms with E-state index in [-0.39, 0.29) is 0 Å². The molecule has 2 rings (SSSR count). The summed E-state index contributed by atoms with van der Waals surface area (Å²) in [7, 11) is 0. The molecule has 82 valence electrons. The summed E-state index contributed by atoms with van der Waals surface area (Å²) in [5, 5.41) is 0. The summed E-state index contributed by atoms with van der Waals surface area (Å²) in [6.07, 6.45) is 1.03. The average Bonchev–Trinajstić information content (AvgIpc) is 2.39. The Balaban J connectivity index is 2.33. The highest BCUT2D eigenvalue weighted by molar-refractivity contribution is 5.49. The van der Waals surface area contributed by atoms with Gasteiger partial charge in [0.2, 0.25) is 5.79 Å². The van der Waals surface area contributed by atoms with Gasteiger partial charge in [-0.3, -0.25) is 0 Å². The normalized spacial score (nSPS) is 17.1. The summed E-state index contributed by atoms with van der Waals surface area (Å²) in [5.74, 6) is 1.91. The molecule has 0 aliphatic carbocycles. The van der Waals surface area contributed by atoms with Gasteiger partial charge in [0.15, 0.2) is 11.5 Å². The first kappa shape index (κ1) is 10.3. The molecule has 0 saturated carbocycles. The van der Waals surface area contributed by atoms with Gasteiger partial charge < -0.3 is 9.47 Å². The van der Waals surface area contributed by atoms with E-state index in [0.717, 1.165) is 17.9 Å². The van der Waals surface area contributed by atoms with Gasteiger partial charge in [0, 0.05) is 13.8 Å². The SMILES string of the molecule is CC(C)Cc1cccc2c1OC(C)(C)O2. The summed E-state index contributed by atoms with van der Waals surface area (Å²) in [6, 6.07) is 6.11. The molecule has 15 heavy (non-hydrogen) atoms. The van der Waals surface area contributed by atoms with E-state index in [1.807, 2.05) is 26.0 Å². The standard InChI is InChI=1S/C13H18O2/c1-9(2)8-10-6-5-7-11-12(10)15-13(3,4)14-11/h5-7,9H,8H2,1-4H3. The lowest BCUT2D eigenvalue weighted by Crippen LogP contribution is -2.29. The first-order chi connectivity index (χ1) is 6.98. The zero-order valence-electron chi connectivity index (χ0n) is 9.83. The van der Waals surface area contributed by atoms with Gasteiger partial charge in [0.1, 0.15) is 0 Å². The summed E-state index contributed by atoms with van der Waals surface area (Å²) in [5.41, 5.74) is 1.24. The Kier molecular flexibility index (Phi) is 2.37. The van der Waals surface area contributed by atoms with Crippen LogP contribution in [0.4, 0.5) is 0 Å². The first-order valence-corrected chi connectivity index (χ1v) is 5.48. The van der Waals surface area contributed by atoms with E-state index in [0.29, 0.717) is 5.92 Å². The number of hydrogen-bond acceptors (Lipinski definition) is 2. The molecular weight excluding hydrogens is 188 g/mol. The topological polar surface area (TPSA) is 18.5 Å². The molecule has 1 aromatic carbocycles. The fraction of sp³-hybridized carbons (Fsp3) is 0.538. The van der Waals surface area contributed by atoms with Crippen LogP contribution in [0.5, 0.6) is 11.5 Å². The molecule has 1 aliphatic rings. The largest absolute Gasteiger partial charge is 0.449 e. The lowest BCUT2D eigenvalue weighted by molar-refractivity contribution is -0.0435. The molecule has 0 amide bonds. The van der Waals surface area contributed by atoms with E-state index < -0.39 is 5.79 Å². The second-order valence-electron chi connectivity index (χ2n) is 4.95. The monoisotopic (exact) mass is 206 g/mol. The maximum atomic E-state index is 5.80. The average molecular weight is 206 g/mol. The summed E-state index contributed by atoms with van der Waals surface area (Å²) in [4.78, 5) is 0. The number of fused-ring (bicyclic) bond motifs is 1. The van der Waals surface area contributed by atoms with Crippen molar-refractivity contribution in [2.24, 2.45) is 5.92 Å². The Morgan fingerprint density at radius 3 is 2.60 bits per heavy atom. The minimum absolute atomic E-state index is 0.518. The van der Waals surface area contributed by atoms with Crippen molar-refractivity contribution >= 4 is 0 Å². The molecule has 1 aromatic rings. The van der Waals surface area contributed by atoms with Crippen LogP contribution >= 0.6 is 0 Å². The molecule has 2 heteroatoms. The van der Waals surface area contributed by atoms with Gasteiger partial charge in [-0.15, -0.1) is 0 Å². The molecule has 0 aromatic heterocycles. The Morgan fingerprint density at radius 2 is 1.93 bits per heavy atom. The molecule has 0 spiro atoms. The van der Waals surface area contributed by atoms with Gasteiger partial charge >= 0.3 is 0 Å². The number of rotatable bonds is 2. The summed E-state index contributed by atoms with van der Waals surface area (Å²) >= 11 is 0. The van der Waals surface area contributed by atoms with Crippen LogP contribution in [0.25, 0.3) is 0 Å². The molecule has 0 radical (unpaired) electrons. The quantitative estimate of drug-likeness (QED) is 0.738. The molecule has 1 heterocycles. The maximum Gasteiger partial charge on any atom is 0.246 e. The van der Waals surface area contributed by atoms with Gasteiger partial charge in [-0.2, -0.15) is 0 Å². The molecule has 2 nitrogen and oxygen atoms in total. The van der Waals surface area contributed by atoms with Gasteiger partial charge in [-0.1, -0.05) is 26.0 Å². The molecule has 0 atom stereocenters. The van der Waals surface area contributed by atoms with Crippen LogP contribution in [-0.4, -0.2) is 5.79 Å². The van der Waals surface area contributed by atoms with Crippen molar-refractivity contribution in [3.63, 3.8) is 0 Å². The molecule has 0 unspecified atom stereocenters. The van der Waals surface area contributed by atoms with Crippen molar-refractivity contribution in [3.05, 3.63) is 23.8 Å². The van der Waals surface area contributed by atoms with Gasteiger partial charge in [0.05, 0.1) is 0 Å². The van der Waals surface area contributed by atoms with Crippen molar-refractivity contribution in [1.29, 1.82) is 0 Å². The number of benzene rings is 1. The van der Waals surface area contributed by atoms with Crippen LogP contribution < -0.4 is 9.47 Å². The molecule has 0 N–H and O–H groups in total. The van der Waals surface area contributed by atoms with Gasteiger partial charge in [-0.05, 0) is 24.0 Å². The Labute approximate surface area is 91.2 Å². The van der Waals surface area contributed by atoms with Crippen molar-refractivity contribution in [3.8, 4) is 11.5 Å². The molecule has 0 fully saturated rings. The van der Waals surface area contributed by atoms with Crippen molar-refractivity contribution in [2.75, 3.05) is 0 Å². The zero-order valence-corrected chi connectivity index (χ0v) is 9.83. The smallest absolute Gasteiger partial charge is 0.246 e. The predicted molar refractivity (Wildman–Crippen MR) is 60.3 cm³/mol. The third-order valence-electron chi connectivity index (χ3n) is 2.39. The minimum Gasteiger partial charge on any atom is -0.449 e. The van der Waals surface area contributed by atoms with Crippen LogP contribution in [0.2, 0.25) is 0 Å². The zero-order chi connectivity index (χ0) is 11.1. The van der Waals surface area contributed by atoms with E-state index in [1.54, 1.807) is 0 Å². The minimum atomic E-state index is -0.518. The second-order valence-corrected chi connectivity index (χ2v) is 4.95. The van der Waals surface area contributed by atoms with Crippen LogP contribution in [0.1, 0.15) is 33.3 Å². The van der Waals surface area contributed by atoms with E-state index in [2.05, 4.69) is 19.9 Å². The second kappa shape index (κ2) is 3.44. The fourth-order valence-electron chi connectivity index (χ4n) is 1.89. The first-order valence-electron chi connectivity index (χ1n) is 5.48. The van der Waals surface area contributed by atoms with Crippen molar-refractivity contribution in [1.82, 2.24) is 0 Å². The highest BCUT2D eigenvalue weighted by Crippen LogP contribution is 2.42. The van der Waals surface area contributed by atoms with Crippen LogP contribution in [0.3, 0.4) is 0 Å². The molecular formula is C13H18O2. The van der Waals surface area contributed by atoms with E-state index in [1.165, 1.54) is 5.56 Å². The molecule has 0 bridgehead atoms. The molecule has 1 aliphatic heterocycles. The third kappa shape index (κ3) is 2.09. The Bertz CT molecular complexity index is 367. The Morgan fingerprint density at radius 1 is 1.20 bits per heavy atom. The fourth-order valence-corrected chi connectivity index (χ4v) is 1.89. The number of hydrogen-bond donors (Lipinski definition) is 0. The highest BCUT2D eigenvalue weighted by atomic mass is 16.7. The highest BCUT2D eigenvalue weighted by Gasteiger charge is 2.33. The lowest BCUT2D eigenvalue weighted by Gasteiger charge is -2.17.